The minimum absolute atomic E-state index is 0.631. The lowest BCUT2D eigenvalue weighted by atomic mass is 10.00. The predicted molar refractivity (Wildman–Crippen MR) is 61.5 cm³/mol. The van der Waals surface area contributed by atoms with Crippen LogP contribution in [0.3, 0.4) is 0 Å². The molecule has 0 aromatic carbocycles. The SMILES string of the molecule is CP(=O)(O)OP(=O)(O)OC1OC(CO)C(O)C(O)C1O. The lowest BCUT2D eigenvalue weighted by Crippen LogP contribution is -2.58. The number of phosphoric ester groups is 1. The van der Waals surface area contributed by atoms with Crippen molar-refractivity contribution in [1.82, 2.24) is 0 Å². The lowest BCUT2D eigenvalue weighted by Gasteiger charge is -2.39. The van der Waals surface area contributed by atoms with Gasteiger partial charge in [-0.05, 0) is 0 Å². The molecule has 1 aliphatic rings. The van der Waals surface area contributed by atoms with Gasteiger partial charge in [-0.1, -0.05) is 0 Å². The number of ether oxygens (including phenoxy) is 1. The van der Waals surface area contributed by atoms with Gasteiger partial charge in [0.15, 0.2) is 6.29 Å². The van der Waals surface area contributed by atoms with Gasteiger partial charge in [0.25, 0.3) is 0 Å². The van der Waals surface area contributed by atoms with Gasteiger partial charge in [0, 0.05) is 6.66 Å². The van der Waals surface area contributed by atoms with Crippen LogP contribution in [0.5, 0.6) is 0 Å². The summed E-state index contributed by atoms with van der Waals surface area (Å²) in [5, 5.41) is 37.3. The number of aliphatic hydroxyl groups is 4. The quantitative estimate of drug-likeness (QED) is 0.297. The molecule has 1 rings (SSSR count). The third-order valence-corrected chi connectivity index (χ3v) is 4.85. The molecule has 13 heteroatoms. The number of aliphatic hydroxyl groups excluding tert-OH is 4. The molecular weight excluding hydrogens is 322 g/mol. The molecule has 6 N–H and O–H groups in total. The number of hydrogen-bond donors (Lipinski definition) is 6. The molecule has 0 aliphatic carbocycles. The van der Waals surface area contributed by atoms with Crippen molar-refractivity contribution in [2.75, 3.05) is 13.3 Å². The number of hydrogen-bond acceptors (Lipinski definition) is 9. The summed E-state index contributed by atoms with van der Waals surface area (Å²) in [5.41, 5.74) is 0. The molecule has 1 fully saturated rings. The molecular formula is C7H16O11P2. The van der Waals surface area contributed by atoms with E-state index in [1.807, 2.05) is 0 Å². The van der Waals surface area contributed by atoms with Crippen LogP contribution >= 0.6 is 15.4 Å². The standard InChI is InChI=1S/C7H16O11P2/c1-19(12,13)18-20(14,15)17-7-6(11)5(10)4(9)3(2-8)16-7/h3-11H,2H2,1H3,(H,12,13)(H,14,15). The molecule has 7 unspecified atom stereocenters. The summed E-state index contributed by atoms with van der Waals surface area (Å²) in [7, 11) is -9.44. The highest BCUT2D eigenvalue weighted by Gasteiger charge is 2.47. The van der Waals surface area contributed by atoms with Crippen LogP contribution in [-0.2, 0) is 22.7 Å². The molecule has 0 bridgehead atoms. The van der Waals surface area contributed by atoms with Crippen LogP contribution in [0.15, 0.2) is 0 Å². The van der Waals surface area contributed by atoms with E-state index >= 15 is 0 Å². The first kappa shape index (κ1) is 18.1. The van der Waals surface area contributed by atoms with Crippen molar-refractivity contribution in [2.24, 2.45) is 0 Å². The summed E-state index contributed by atoms with van der Waals surface area (Å²) in [6.45, 7) is -0.139. The van der Waals surface area contributed by atoms with Crippen molar-refractivity contribution < 1.29 is 52.9 Å². The van der Waals surface area contributed by atoms with E-state index in [-0.39, 0.29) is 0 Å². The highest BCUT2D eigenvalue weighted by molar-refractivity contribution is 7.63. The van der Waals surface area contributed by atoms with Gasteiger partial charge >= 0.3 is 15.4 Å². The molecule has 0 aromatic rings. The second-order valence-corrected chi connectivity index (χ2v) is 7.56. The highest BCUT2D eigenvalue weighted by Crippen LogP contribution is 2.58. The molecule has 0 amide bonds. The molecule has 1 aliphatic heterocycles. The summed E-state index contributed by atoms with van der Waals surface area (Å²) in [4.78, 5) is 18.0. The number of rotatable bonds is 5. The van der Waals surface area contributed by atoms with Crippen LogP contribution in [0.25, 0.3) is 0 Å². The zero-order valence-corrected chi connectivity index (χ0v) is 12.0. The van der Waals surface area contributed by atoms with Crippen molar-refractivity contribution in [3.05, 3.63) is 0 Å². The van der Waals surface area contributed by atoms with Gasteiger partial charge in [-0.3, -0.25) is 9.09 Å². The summed E-state index contributed by atoms with van der Waals surface area (Å²) < 4.78 is 35.3. The predicted octanol–water partition coefficient (Wildman–Crippen LogP) is -2.26. The molecule has 7 atom stereocenters. The van der Waals surface area contributed by atoms with Crippen molar-refractivity contribution >= 4 is 15.4 Å². The Bertz CT molecular complexity index is 419. The summed E-state index contributed by atoms with van der Waals surface area (Å²) >= 11 is 0. The Hall–Kier alpha value is 0.100. The Labute approximate surface area is 113 Å². The Balaban J connectivity index is 2.80. The zero-order valence-electron chi connectivity index (χ0n) is 10.2. The first-order valence-corrected chi connectivity index (χ1v) is 8.82. The van der Waals surface area contributed by atoms with E-state index < -0.39 is 52.7 Å². The van der Waals surface area contributed by atoms with Crippen LogP contribution in [0.1, 0.15) is 0 Å². The van der Waals surface area contributed by atoms with Crippen molar-refractivity contribution in [3.63, 3.8) is 0 Å². The summed E-state index contributed by atoms with van der Waals surface area (Å²) in [5.74, 6) is 0. The Morgan fingerprint density at radius 2 is 1.65 bits per heavy atom. The average Bonchev–Trinajstić information content (AvgIpc) is 2.26. The molecule has 11 nitrogen and oxygen atoms in total. The third-order valence-electron chi connectivity index (χ3n) is 2.34. The fraction of sp³-hybridized carbons (Fsp3) is 1.00. The van der Waals surface area contributed by atoms with Crippen LogP contribution in [0.2, 0.25) is 0 Å². The lowest BCUT2D eigenvalue weighted by molar-refractivity contribution is -0.280. The molecule has 0 saturated carbocycles. The fourth-order valence-electron chi connectivity index (χ4n) is 1.50. The smallest absolute Gasteiger partial charge is 0.394 e. The molecule has 20 heavy (non-hydrogen) atoms. The first-order chi connectivity index (χ1) is 8.97. The van der Waals surface area contributed by atoms with E-state index in [1.54, 1.807) is 0 Å². The third kappa shape index (κ3) is 4.83. The molecule has 1 heterocycles. The van der Waals surface area contributed by atoms with Gasteiger partial charge in [-0.15, -0.1) is 0 Å². The Kier molecular flexibility index (Phi) is 5.87. The molecule has 0 aromatic heterocycles. The molecule has 0 spiro atoms. The largest absolute Gasteiger partial charge is 0.481 e. The first-order valence-electron chi connectivity index (χ1n) is 5.30. The van der Waals surface area contributed by atoms with E-state index in [0.29, 0.717) is 6.66 Å². The topological polar surface area (TPSA) is 183 Å². The maximum Gasteiger partial charge on any atom is 0.481 e. The van der Waals surface area contributed by atoms with Crippen LogP contribution < -0.4 is 0 Å². The van der Waals surface area contributed by atoms with Crippen molar-refractivity contribution in [3.8, 4) is 0 Å². The second-order valence-electron chi connectivity index (χ2n) is 4.16. The monoisotopic (exact) mass is 338 g/mol. The van der Waals surface area contributed by atoms with Gasteiger partial charge in [0.2, 0.25) is 0 Å². The molecule has 1 saturated heterocycles. The minimum Gasteiger partial charge on any atom is -0.394 e. The van der Waals surface area contributed by atoms with Crippen molar-refractivity contribution in [2.45, 2.75) is 30.7 Å². The minimum atomic E-state index is -5.08. The van der Waals surface area contributed by atoms with Gasteiger partial charge in [0.05, 0.1) is 6.61 Å². The zero-order chi connectivity index (χ0) is 15.7. The van der Waals surface area contributed by atoms with E-state index in [2.05, 4.69) is 8.83 Å². The van der Waals surface area contributed by atoms with Gasteiger partial charge in [0.1, 0.15) is 24.4 Å². The van der Waals surface area contributed by atoms with Crippen LogP contribution in [0, 0.1) is 0 Å². The molecule has 120 valence electrons. The maximum absolute atomic E-state index is 11.4. The summed E-state index contributed by atoms with van der Waals surface area (Å²) in [6.07, 6.45) is -8.75. The van der Waals surface area contributed by atoms with E-state index in [9.17, 15) is 29.3 Å². The van der Waals surface area contributed by atoms with Crippen molar-refractivity contribution in [1.29, 1.82) is 0 Å². The second kappa shape index (κ2) is 6.47. The van der Waals surface area contributed by atoms with E-state index in [4.69, 9.17) is 14.7 Å². The van der Waals surface area contributed by atoms with E-state index in [0.717, 1.165) is 0 Å². The Morgan fingerprint density at radius 1 is 1.10 bits per heavy atom. The Morgan fingerprint density at radius 3 is 2.10 bits per heavy atom. The summed E-state index contributed by atoms with van der Waals surface area (Å²) in [6, 6.07) is 0. The fourth-order valence-corrected chi connectivity index (χ4v) is 3.62. The number of phosphoric acid groups is 1. The maximum atomic E-state index is 11.4. The highest BCUT2D eigenvalue weighted by atomic mass is 31.3. The molecule has 0 radical (unpaired) electrons. The van der Waals surface area contributed by atoms with Crippen LogP contribution in [-0.4, -0.2) is 74.2 Å². The van der Waals surface area contributed by atoms with Gasteiger partial charge < -0.3 is 34.9 Å². The van der Waals surface area contributed by atoms with Gasteiger partial charge in [-0.2, -0.15) is 0 Å². The average molecular weight is 338 g/mol. The van der Waals surface area contributed by atoms with E-state index in [1.165, 1.54) is 0 Å². The van der Waals surface area contributed by atoms with Crippen LogP contribution in [0.4, 0.5) is 0 Å². The normalized spacial score (nSPS) is 40.9. The van der Waals surface area contributed by atoms with Gasteiger partial charge in [-0.25, -0.2) is 8.88 Å².